The minimum absolute atomic E-state index is 0.108. The molecule has 0 heterocycles. The lowest BCUT2D eigenvalue weighted by atomic mass is 9.85. The van der Waals surface area contributed by atoms with Crippen LogP contribution in [0.1, 0.15) is 49.2 Å². The summed E-state index contributed by atoms with van der Waals surface area (Å²) < 4.78 is 16.6. The average molecular weight is 380 g/mol. The van der Waals surface area contributed by atoms with Crippen LogP contribution < -0.4 is 14.2 Å². The van der Waals surface area contributed by atoms with Crippen LogP contribution in [0.15, 0.2) is 54.8 Å². The highest BCUT2D eigenvalue weighted by atomic mass is 16.5. The lowest BCUT2D eigenvalue weighted by molar-refractivity contribution is 0.104. The quantitative estimate of drug-likeness (QED) is 0.345. The predicted octanol–water partition coefficient (Wildman–Crippen LogP) is 5.81. The van der Waals surface area contributed by atoms with Crippen molar-refractivity contribution in [3.05, 3.63) is 71.5 Å². The van der Waals surface area contributed by atoms with E-state index in [0.717, 1.165) is 11.1 Å². The first kappa shape index (κ1) is 21.3. The van der Waals surface area contributed by atoms with Crippen LogP contribution in [-0.4, -0.2) is 20.0 Å². The summed E-state index contributed by atoms with van der Waals surface area (Å²) in [6.45, 7) is 11.8. The van der Waals surface area contributed by atoms with Crippen LogP contribution in [0.4, 0.5) is 0 Å². The van der Waals surface area contributed by atoms with Gasteiger partial charge in [-0.15, -0.1) is 0 Å². The minimum atomic E-state index is -0.118. The molecule has 0 aliphatic rings. The fourth-order valence-corrected chi connectivity index (χ4v) is 2.87. The molecule has 0 aliphatic heterocycles. The number of hydrogen-bond acceptors (Lipinski definition) is 4. The third kappa shape index (κ3) is 5.03. The number of hydrogen-bond donors (Lipinski definition) is 0. The standard InChI is InChI=1S/C24H28O4/c1-16(2)28-18-10-8-17(9-11-18)21(25)14-12-19-22(26-6)15-13-20(23(19)27-7)24(3,4)5/h8-15H,1H2,2-7H3. The Bertz CT molecular complexity index is 884. The van der Waals surface area contributed by atoms with Crippen molar-refractivity contribution in [1.29, 1.82) is 0 Å². The molecule has 0 N–H and O–H groups in total. The molecule has 28 heavy (non-hydrogen) atoms. The highest BCUT2D eigenvalue weighted by molar-refractivity contribution is 6.07. The van der Waals surface area contributed by atoms with E-state index >= 15 is 0 Å². The van der Waals surface area contributed by atoms with Crippen LogP contribution in [0, 0.1) is 0 Å². The molecule has 0 atom stereocenters. The third-order valence-corrected chi connectivity index (χ3v) is 4.22. The summed E-state index contributed by atoms with van der Waals surface area (Å²) in [4.78, 5) is 12.6. The zero-order chi connectivity index (χ0) is 20.9. The Morgan fingerprint density at radius 3 is 2.14 bits per heavy atom. The fourth-order valence-electron chi connectivity index (χ4n) is 2.87. The van der Waals surface area contributed by atoms with Gasteiger partial charge in [0.1, 0.15) is 17.2 Å². The zero-order valence-corrected chi connectivity index (χ0v) is 17.5. The Kier molecular flexibility index (Phi) is 6.68. The second-order valence-electron chi connectivity index (χ2n) is 7.54. The summed E-state index contributed by atoms with van der Waals surface area (Å²) in [5.41, 5.74) is 2.25. The molecule has 0 unspecified atom stereocenters. The van der Waals surface area contributed by atoms with Crippen molar-refractivity contribution in [2.24, 2.45) is 0 Å². The molecule has 0 amide bonds. The van der Waals surface area contributed by atoms with Gasteiger partial charge in [0.25, 0.3) is 0 Å². The largest absolute Gasteiger partial charge is 0.496 e. The van der Waals surface area contributed by atoms with Crippen molar-refractivity contribution in [1.82, 2.24) is 0 Å². The molecule has 0 aliphatic carbocycles. The molecule has 0 spiro atoms. The van der Waals surface area contributed by atoms with Gasteiger partial charge >= 0.3 is 0 Å². The van der Waals surface area contributed by atoms with E-state index in [0.29, 0.717) is 28.6 Å². The van der Waals surface area contributed by atoms with Crippen molar-refractivity contribution in [3.63, 3.8) is 0 Å². The molecular weight excluding hydrogens is 352 g/mol. The van der Waals surface area contributed by atoms with E-state index in [9.17, 15) is 4.79 Å². The van der Waals surface area contributed by atoms with Crippen molar-refractivity contribution in [3.8, 4) is 17.2 Å². The molecule has 0 saturated heterocycles. The molecule has 0 bridgehead atoms. The monoisotopic (exact) mass is 380 g/mol. The smallest absolute Gasteiger partial charge is 0.185 e. The van der Waals surface area contributed by atoms with Crippen molar-refractivity contribution >= 4 is 11.9 Å². The predicted molar refractivity (Wildman–Crippen MR) is 113 cm³/mol. The maximum Gasteiger partial charge on any atom is 0.185 e. The van der Waals surface area contributed by atoms with Crippen LogP contribution in [0.5, 0.6) is 17.2 Å². The number of carbonyl (C=O) groups is 1. The number of ketones is 1. The molecule has 0 aromatic heterocycles. The van der Waals surface area contributed by atoms with Gasteiger partial charge in [0.15, 0.2) is 5.78 Å². The van der Waals surface area contributed by atoms with E-state index in [4.69, 9.17) is 14.2 Å². The number of methoxy groups -OCH3 is 2. The fraction of sp³-hybridized carbons (Fsp3) is 0.292. The first-order valence-corrected chi connectivity index (χ1v) is 9.08. The van der Waals surface area contributed by atoms with Crippen LogP contribution in [0.2, 0.25) is 0 Å². The van der Waals surface area contributed by atoms with Gasteiger partial charge in [-0.1, -0.05) is 33.4 Å². The minimum Gasteiger partial charge on any atom is -0.496 e. The van der Waals surface area contributed by atoms with Gasteiger partial charge in [0.2, 0.25) is 0 Å². The van der Waals surface area contributed by atoms with Crippen molar-refractivity contribution in [2.45, 2.75) is 33.1 Å². The Balaban J connectivity index is 2.36. The van der Waals surface area contributed by atoms with Crippen molar-refractivity contribution in [2.75, 3.05) is 14.2 Å². The Morgan fingerprint density at radius 2 is 1.64 bits per heavy atom. The van der Waals surface area contributed by atoms with Gasteiger partial charge in [-0.25, -0.2) is 0 Å². The molecule has 4 heteroatoms. The molecule has 2 rings (SSSR count). The lowest BCUT2D eigenvalue weighted by Gasteiger charge is -2.24. The molecule has 4 nitrogen and oxygen atoms in total. The normalized spacial score (nSPS) is 11.4. The van der Waals surface area contributed by atoms with Gasteiger partial charge in [-0.2, -0.15) is 0 Å². The van der Waals surface area contributed by atoms with E-state index in [-0.39, 0.29) is 11.2 Å². The zero-order valence-electron chi connectivity index (χ0n) is 17.5. The van der Waals surface area contributed by atoms with Crippen LogP contribution in [-0.2, 0) is 5.41 Å². The molecule has 2 aromatic rings. The van der Waals surface area contributed by atoms with E-state index in [1.165, 1.54) is 6.08 Å². The maximum atomic E-state index is 12.6. The Labute approximate surface area is 167 Å². The van der Waals surface area contributed by atoms with Crippen LogP contribution in [0.25, 0.3) is 6.08 Å². The van der Waals surface area contributed by atoms with Gasteiger partial charge < -0.3 is 14.2 Å². The summed E-state index contributed by atoms with van der Waals surface area (Å²) >= 11 is 0. The summed E-state index contributed by atoms with van der Waals surface area (Å²) in [7, 11) is 3.23. The first-order chi connectivity index (χ1) is 13.2. The second kappa shape index (κ2) is 8.79. The summed E-state index contributed by atoms with van der Waals surface area (Å²) in [6, 6.07) is 10.8. The summed E-state index contributed by atoms with van der Waals surface area (Å²) in [6.07, 6.45) is 3.27. The number of ether oxygens (including phenoxy) is 3. The number of carbonyl (C=O) groups excluding carboxylic acids is 1. The van der Waals surface area contributed by atoms with E-state index < -0.39 is 0 Å². The van der Waals surface area contributed by atoms with Gasteiger partial charge in [-0.05, 0) is 54.8 Å². The Hall–Kier alpha value is -3.01. The molecule has 2 aromatic carbocycles. The number of benzene rings is 2. The topological polar surface area (TPSA) is 44.8 Å². The van der Waals surface area contributed by atoms with Gasteiger partial charge in [0, 0.05) is 11.1 Å². The summed E-state index contributed by atoms with van der Waals surface area (Å²) in [5.74, 6) is 2.48. The first-order valence-electron chi connectivity index (χ1n) is 9.08. The highest BCUT2D eigenvalue weighted by Gasteiger charge is 2.22. The summed E-state index contributed by atoms with van der Waals surface area (Å²) in [5, 5.41) is 0. The molecular formula is C24H28O4. The SMILES string of the molecule is C=C(C)Oc1ccc(C(=O)C=Cc2c(OC)ccc(C(C)(C)C)c2OC)cc1. The maximum absolute atomic E-state index is 12.6. The number of allylic oxidation sites excluding steroid dienone is 2. The van der Waals surface area contributed by atoms with Gasteiger partial charge in [-0.3, -0.25) is 4.79 Å². The average Bonchev–Trinajstić information content (AvgIpc) is 2.64. The molecule has 148 valence electrons. The molecule has 0 fully saturated rings. The van der Waals surface area contributed by atoms with Crippen molar-refractivity contribution < 1.29 is 19.0 Å². The van der Waals surface area contributed by atoms with E-state index in [1.807, 2.05) is 12.1 Å². The molecule has 0 radical (unpaired) electrons. The molecule has 0 saturated carbocycles. The van der Waals surface area contributed by atoms with Crippen LogP contribution >= 0.6 is 0 Å². The van der Waals surface area contributed by atoms with E-state index in [2.05, 4.69) is 27.4 Å². The third-order valence-electron chi connectivity index (χ3n) is 4.22. The van der Waals surface area contributed by atoms with Crippen LogP contribution in [0.3, 0.4) is 0 Å². The number of rotatable bonds is 7. The second-order valence-corrected chi connectivity index (χ2v) is 7.54. The highest BCUT2D eigenvalue weighted by Crippen LogP contribution is 2.39. The Morgan fingerprint density at radius 1 is 1.00 bits per heavy atom. The van der Waals surface area contributed by atoms with Gasteiger partial charge in [0.05, 0.1) is 25.5 Å². The lowest BCUT2D eigenvalue weighted by Crippen LogP contribution is -2.13. The van der Waals surface area contributed by atoms with E-state index in [1.54, 1.807) is 51.5 Å².